The lowest BCUT2D eigenvalue weighted by Crippen LogP contribution is -2.35. The minimum Gasteiger partial charge on any atom is -0.269 e. The van der Waals surface area contributed by atoms with Crippen LogP contribution in [0, 0.1) is 0 Å². The Morgan fingerprint density at radius 1 is 0.667 bits per heavy atom. The van der Waals surface area contributed by atoms with Gasteiger partial charge in [-0.2, -0.15) is 0 Å². The maximum Gasteiger partial charge on any atom is 0.0896 e. The number of hydrazine groups is 1. The average molecular weight is 330 g/mol. The molecular formula is C21H18N2S. The van der Waals surface area contributed by atoms with Gasteiger partial charge in [-0.15, -0.1) is 11.8 Å². The van der Waals surface area contributed by atoms with Gasteiger partial charge in [0.15, 0.2) is 0 Å². The highest BCUT2D eigenvalue weighted by Gasteiger charge is 2.25. The number of para-hydroxylation sites is 2. The number of anilines is 2. The van der Waals surface area contributed by atoms with Gasteiger partial charge in [0.1, 0.15) is 0 Å². The van der Waals surface area contributed by atoms with Crippen molar-refractivity contribution in [3.63, 3.8) is 0 Å². The maximum atomic E-state index is 2.34. The van der Waals surface area contributed by atoms with Crippen LogP contribution in [0.4, 0.5) is 11.4 Å². The molecule has 0 saturated heterocycles. The van der Waals surface area contributed by atoms with Gasteiger partial charge < -0.3 is 0 Å². The predicted molar refractivity (Wildman–Crippen MR) is 104 cm³/mol. The fraction of sp³-hybridized carbons (Fsp3) is 0.0476. The SMILES string of the molecule is C1=C(c2ccccc2)N(N(c2ccccc2)c2ccccc2)CS1. The van der Waals surface area contributed by atoms with Crippen molar-refractivity contribution in [1.29, 1.82) is 0 Å². The van der Waals surface area contributed by atoms with Crippen molar-refractivity contribution in [2.75, 3.05) is 10.9 Å². The van der Waals surface area contributed by atoms with E-state index in [2.05, 4.69) is 106 Å². The van der Waals surface area contributed by atoms with E-state index in [-0.39, 0.29) is 0 Å². The van der Waals surface area contributed by atoms with Crippen LogP contribution in [0.25, 0.3) is 5.70 Å². The molecule has 24 heavy (non-hydrogen) atoms. The van der Waals surface area contributed by atoms with E-state index in [0.29, 0.717) is 0 Å². The molecule has 0 atom stereocenters. The zero-order valence-electron chi connectivity index (χ0n) is 13.2. The first-order chi connectivity index (χ1) is 11.9. The van der Waals surface area contributed by atoms with Gasteiger partial charge in [0.05, 0.1) is 22.9 Å². The van der Waals surface area contributed by atoms with Crippen LogP contribution in [-0.2, 0) is 0 Å². The quantitative estimate of drug-likeness (QED) is 0.602. The smallest absolute Gasteiger partial charge is 0.0896 e. The van der Waals surface area contributed by atoms with Crippen LogP contribution in [0.5, 0.6) is 0 Å². The Hall–Kier alpha value is -2.65. The average Bonchev–Trinajstić information content (AvgIpc) is 3.14. The Bertz CT molecular complexity index is 777. The van der Waals surface area contributed by atoms with Crippen molar-refractivity contribution in [3.05, 3.63) is 102 Å². The summed E-state index contributed by atoms with van der Waals surface area (Å²) in [6, 6.07) is 31.6. The zero-order chi connectivity index (χ0) is 16.2. The molecule has 0 amide bonds. The topological polar surface area (TPSA) is 6.48 Å². The van der Waals surface area contributed by atoms with Gasteiger partial charge in [-0.25, -0.2) is 0 Å². The highest BCUT2D eigenvalue weighted by atomic mass is 32.2. The Labute approximate surface area is 147 Å². The molecule has 0 aliphatic carbocycles. The standard InChI is InChI=1S/C21H18N2S/c1-4-10-18(11-5-1)21-16-24-17-22(21)23(19-12-6-2-7-13-19)20-14-8-3-9-15-20/h1-16H,17H2. The van der Waals surface area contributed by atoms with E-state index in [1.165, 1.54) is 11.3 Å². The van der Waals surface area contributed by atoms with Gasteiger partial charge in [-0.1, -0.05) is 66.7 Å². The summed E-state index contributed by atoms with van der Waals surface area (Å²) in [4.78, 5) is 0. The monoisotopic (exact) mass is 330 g/mol. The molecule has 1 heterocycles. The van der Waals surface area contributed by atoms with Crippen molar-refractivity contribution in [1.82, 2.24) is 5.01 Å². The second-order valence-electron chi connectivity index (χ2n) is 5.55. The molecule has 0 N–H and O–H groups in total. The molecule has 0 radical (unpaired) electrons. The molecule has 0 spiro atoms. The van der Waals surface area contributed by atoms with Gasteiger partial charge in [-0.05, 0) is 29.7 Å². The summed E-state index contributed by atoms with van der Waals surface area (Å²) in [5.74, 6) is 0.897. The molecule has 1 aliphatic heterocycles. The molecule has 1 aliphatic rings. The fourth-order valence-corrected chi connectivity index (χ4v) is 3.76. The molecule has 0 fully saturated rings. The number of hydrogen-bond acceptors (Lipinski definition) is 3. The van der Waals surface area contributed by atoms with E-state index in [4.69, 9.17) is 0 Å². The van der Waals surface area contributed by atoms with E-state index in [0.717, 1.165) is 17.3 Å². The molecule has 3 aromatic carbocycles. The Morgan fingerprint density at radius 2 is 1.17 bits per heavy atom. The zero-order valence-corrected chi connectivity index (χ0v) is 14.1. The number of nitrogens with zero attached hydrogens (tertiary/aromatic N) is 2. The molecule has 0 unspecified atom stereocenters. The van der Waals surface area contributed by atoms with Gasteiger partial charge in [-0.3, -0.25) is 10.0 Å². The second-order valence-corrected chi connectivity index (χ2v) is 6.37. The third kappa shape index (κ3) is 2.91. The summed E-state index contributed by atoms with van der Waals surface area (Å²) in [5.41, 5.74) is 4.79. The maximum absolute atomic E-state index is 2.34. The molecule has 3 heteroatoms. The lowest BCUT2D eigenvalue weighted by atomic mass is 10.1. The van der Waals surface area contributed by atoms with Crippen LogP contribution >= 0.6 is 11.8 Å². The molecule has 2 nitrogen and oxygen atoms in total. The van der Waals surface area contributed by atoms with Crippen LogP contribution in [0.1, 0.15) is 5.56 Å². The Kier molecular flexibility index (Phi) is 4.26. The third-order valence-corrected chi connectivity index (χ3v) is 4.77. The predicted octanol–water partition coefficient (Wildman–Crippen LogP) is 5.74. The van der Waals surface area contributed by atoms with E-state index < -0.39 is 0 Å². The first kappa shape index (κ1) is 14.9. The van der Waals surface area contributed by atoms with Crippen LogP contribution in [0.3, 0.4) is 0 Å². The molecular weight excluding hydrogens is 312 g/mol. The second kappa shape index (κ2) is 6.85. The van der Waals surface area contributed by atoms with Crippen LogP contribution in [0.2, 0.25) is 0 Å². The van der Waals surface area contributed by atoms with Gasteiger partial charge in [0.25, 0.3) is 0 Å². The molecule has 118 valence electrons. The summed E-state index contributed by atoms with van der Waals surface area (Å²) in [5, 5.41) is 6.87. The van der Waals surface area contributed by atoms with Gasteiger partial charge in [0, 0.05) is 5.56 Å². The molecule has 0 saturated carbocycles. The van der Waals surface area contributed by atoms with E-state index in [9.17, 15) is 0 Å². The minimum absolute atomic E-state index is 0.897. The van der Waals surface area contributed by atoms with Gasteiger partial charge >= 0.3 is 0 Å². The molecule has 0 bridgehead atoms. The molecule has 0 aromatic heterocycles. The van der Waals surface area contributed by atoms with Gasteiger partial charge in [0.2, 0.25) is 0 Å². The lowest BCUT2D eigenvalue weighted by molar-refractivity contribution is 0.480. The summed E-state index contributed by atoms with van der Waals surface area (Å²) < 4.78 is 0. The highest BCUT2D eigenvalue weighted by molar-refractivity contribution is 8.02. The van der Waals surface area contributed by atoms with Crippen molar-refractivity contribution in [3.8, 4) is 0 Å². The largest absolute Gasteiger partial charge is 0.269 e. The Balaban J connectivity index is 1.78. The van der Waals surface area contributed by atoms with Crippen LogP contribution < -0.4 is 5.01 Å². The van der Waals surface area contributed by atoms with Crippen LogP contribution in [-0.4, -0.2) is 10.9 Å². The summed E-state index contributed by atoms with van der Waals surface area (Å²) in [7, 11) is 0. The van der Waals surface area contributed by atoms with Crippen LogP contribution in [0.15, 0.2) is 96.4 Å². The van der Waals surface area contributed by atoms with Crippen molar-refractivity contribution in [2.24, 2.45) is 0 Å². The molecule has 3 aromatic rings. The number of rotatable bonds is 4. The summed E-state index contributed by atoms with van der Waals surface area (Å²) in [6.07, 6.45) is 0. The van der Waals surface area contributed by atoms with Crippen molar-refractivity contribution >= 4 is 28.8 Å². The van der Waals surface area contributed by atoms with Crippen molar-refractivity contribution < 1.29 is 0 Å². The van der Waals surface area contributed by atoms with E-state index in [1.54, 1.807) is 0 Å². The first-order valence-electron chi connectivity index (χ1n) is 7.98. The van der Waals surface area contributed by atoms with E-state index >= 15 is 0 Å². The number of thioether (sulfide) groups is 1. The Morgan fingerprint density at radius 3 is 1.71 bits per heavy atom. The van der Waals surface area contributed by atoms with E-state index in [1.807, 2.05) is 11.8 Å². The summed E-state index contributed by atoms with van der Waals surface area (Å²) in [6.45, 7) is 0. The fourth-order valence-electron chi connectivity index (χ4n) is 2.87. The normalized spacial score (nSPS) is 13.7. The number of hydrogen-bond donors (Lipinski definition) is 0. The highest BCUT2D eigenvalue weighted by Crippen LogP contribution is 2.38. The summed E-state index contributed by atoms with van der Waals surface area (Å²) >= 11 is 1.83. The third-order valence-electron chi connectivity index (χ3n) is 3.98. The first-order valence-corrected chi connectivity index (χ1v) is 9.03. The number of benzene rings is 3. The minimum atomic E-state index is 0.897. The lowest BCUT2D eigenvalue weighted by Gasteiger charge is -2.36. The van der Waals surface area contributed by atoms with Crippen molar-refractivity contribution in [2.45, 2.75) is 0 Å². The molecule has 4 rings (SSSR count).